The van der Waals surface area contributed by atoms with Gasteiger partial charge in [-0.15, -0.1) is 0 Å². The highest BCUT2D eigenvalue weighted by Gasteiger charge is 2.40. The topological polar surface area (TPSA) is 61.7 Å². The normalized spacial score (nSPS) is 20.7. The van der Waals surface area contributed by atoms with Crippen LogP contribution in [0.3, 0.4) is 0 Å². The quantitative estimate of drug-likeness (QED) is 0.672. The number of nitro benzene ring substituents is 1. The van der Waals surface area contributed by atoms with Crippen LogP contribution in [-0.2, 0) is 0 Å². The molecule has 0 radical (unpaired) electrons. The van der Waals surface area contributed by atoms with Gasteiger partial charge >= 0.3 is 0 Å². The first kappa shape index (κ1) is 16.6. The molecule has 2 heterocycles. The lowest BCUT2D eigenvalue weighted by atomic mass is 10.1. The number of rotatable bonds is 3. The van der Waals surface area contributed by atoms with Crippen LogP contribution in [0.25, 0.3) is 0 Å². The molecule has 0 atom stereocenters. The molecule has 1 aromatic rings. The van der Waals surface area contributed by atoms with E-state index in [1.54, 1.807) is 9.80 Å². The molecule has 0 bridgehead atoms. The van der Waals surface area contributed by atoms with Gasteiger partial charge in [0.2, 0.25) is 0 Å². The van der Waals surface area contributed by atoms with E-state index in [0.29, 0.717) is 32.7 Å². The van der Waals surface area contributed by atoms with Gasteiger partial charge in [0.05, 0.1) is 28.9 Å². The first-order valence-electron chi connectivity index (χ1n) is 7.61. The maximum absolute atomic E-state index is 14.1. The molecule has 0 saturated carbocycles. The smallest absolute Gasteiger partial charge is 0.299 e. The number of benzene rings is 1. The number of nitrogens with zero attached hydrogens (tertiary/aromatic N) is 3. The van der Waals surface area contributed by atoms with Crippen LogP contribution in [0.5, 0.6) is 0 Å². The molecule has 0 aliphatic carbocycles. The van der Waals surface area contributed by atoms with Crippen LogP contribution in [-0.4, -0.2) is 55.0 Å². The molecule has 2 aliphatic rings. The Morgan fingerprint density at radius 2 is 1.83 bits per heavy atom. The number of non-ortho nitro benzene ring substituents is 1. The summed E-state index contributed by atoms with van der Waals surface area (Å²) >= 11 is 0. The summed E-state index contributed by atoms with van der Waals surface area (Å²) in [6, 6.07) is 3.49. The van der Waals surface area contributed by atoms with Crippen LogP contribution in [0.2, 0.25) is 0 Å². The highest BCUT2D eigenvalue weighted by atomic mass is 19.3. The van der Waals surface area contributed by atoms with Crippen molar-refractivity contribution in [3.63, 3.8) is 0 Å². The van der Waals surface area contributed by atoms with Crippen molar-refractivity contribution in [1.29, 1.82) is 0 Å². The van der Waals surface area contributed by atoms with Crippen molar-refractivity contribution in [2.45, 2.75) is 5.92 Å². The van der Waals surface area contributed by atoms with Gasteiger partial charge in [-0.05, 0) is 12.1 Å². The minimum absolute atomic E-state index is 0.0186. The van der Waals surface area contributed by atoms with Crippen molar-refractivity contribution in [3.05, 3.63) is 45.9 Å². The molecule has 24 heavy (non-hydrogen) atoms. The van der Waals surface area contributed by atoms with Crippen LogP contribution < -0.4 is 10.2 Å². The summed E-state index contributed by atoms with van der Waals surface area (Å²) in [5, 5.41) is 13.3. The standard InChI is InChI=1S/C15H17F3N4O2/c16-12-9-11(22(23)24)1-2-13(12)20-5-7-21(8-6-20)14-3-4-19-10-15(14,17)18/h1-3,9,19H,4-8,10H2. The van der Waals surface area contributed by atoms with Crippen LogP contribution >= 0.6 is 0 Å². The zero-order valence-corrected chi connectivity index (χ0v) is 12.8. The third-order valence-corrected chi connectivity index (χ3v) is 4.26. The number of hydrogen-bond acceptors (Lipinski definition) is 5. The van der Waals surface area contributed by atoms with Crippen molar-refractivity contribution in [2.24, 2.45) is 0 Å². The molecule has 2 aliphatic heterocycles. The Balaban J connectivity index is 1.69. The van der Waals surface area contributed by atoms with Gasteiger partial charge in [-0.3, -0.25) is 10.1 Å². The number of piperazine rings is 1. The SMILES string of the molecule is O=[N+]([O-])c1ccc(N2CCN(C3=CCNCC3(F)F)CC2)c(F)c1. The second kappa shape index (κ2) is 6.31. The van der Waals surface area contributed by atoms with Gasteiger partial charge in [-0.1, -0.05) is 0 Å². The van der Waals surface area contributed by atoms with E-state index in [0.717, 1.165) is 6.07 Å². The van der Waals surface area contributed by atoms with Gasteiger partial charge in [0.15, 0.2) is 5.82 Å². The number of nitrogens with one attached hydrogen (secondary N) is 1. The van der Waals surface area contributed by atoms with Gasteiger partial charge in [0, 0.05) is 38.8 Å². The highest BCUT2D eigenvalue weighted by molar-refractivity contribution is 5.52. The average molecular weight is 342 g/mol. The van der Waals surface area contributed by atoms with E-state index in [1.807, 2.05) is 0 Å². The average Bonchev–Trinajstić information content (AvgIpc) is 2.54. The van der Waals surface area contributed by atoms with Crippen molar-refractivity contribution in [3.8, 4) is 0 Å². The second-order valence-corrected chi connectivity index (χ2v) is 5.79. The number of halogens is 3. The van der Waals surface area contributed by atoms with Gasteiger partial charge < -0.3 is 15.1 Å². The number of nitro groups is 1. The molecular formula is C15H17F3N4O2. The minimum Gasteiger partial charge on any atom is -0.367 e. The Kier molecular flexibility index (Phi) is 4.35. The molecule has 130 valence electrons. The van der Waals surface area contributed by atoms with Crippen LogP contribution in [0.15, 0.2) is 30.0 Å². The van der Waals surface area contributed by atoms with Gasteiger partial charge in [-0.25, -0.2) is 4.39 Å². The third-order valence-electron chi connectivity index (χ3n) is 4.26. The van der Waals surface area contributed by atoms with Crippen LogP contribution in [0.4, 0.5) is 24.5 Å². The molecule has 1 aromatic carbocycles. The highest BCUT2D eigenvalue weighted by Crippen LogP contribution is 2.31. The fraction of sp³-hybridized carbons (Fsp3) is 0.467. The molecule has 0 unspecified atom stereocenters. The lowest BCUT2D eigenvalue weighted by Gasteiger charge is -2.41. The van der Waals surface area contributed by atoms with Crippen LogP contribution in [0, 0.1) is 15.9 Å². The van der Waals surface area contributed by atoms with Crippen molar-refractivity contribution in [1.82, 2.24) is 10.2 Å². The second-order valence-electron chi connectivity index (χ2n) is 5.79. The summed E-state index contributed by atoms with van der Waals surface area (Å²) in [6.45, 7) is 1.46. The first-order valence-corrected chi connectivity index (χ1v) is 7.61. The summed E-state index contributed by atoms with van der Waals surface area (Å²) < 4.78 is 42.0. The fourth-order valence-corrected chi connectivity index (χ4v) is 3.05. The fourth-order valence-electron chi connectivity index (χ4n) is 3.05. The Morgan fingerprint density at radius 1 is 1.17 bits per heavy atom. The lowest BCUT2D eigenvalue weighted by Crippen LogP contribution is -2.52. The van der Waals surface area contributed by atoms with E-state index in [-0.39, 0.29) is 23.6 Å². The van der Waals surface area contributed by atoms with E-state index >= 15 is 0 Å². The van der Waals surface area contributed by atoms with E-state index in [4.69, 9.17) is 0 Å². The predicted molar refractivity (Wildman–Crippen MR) is 82.7 cm³/mol. The maximum atomic E-state index is 14.1. The Labute approximate surface area is 136 Å². The number of alkyl halides is 2. The Hall–Kier alpha value is -2.29. The number of anilines is 1. The molecule has 6 nitrogen and oxygen atoms in total. The van der Waals surface area contributed by atoms with Crippen molar-refractivity contribution >= 4 is 11.4 Å². The molecule has 1 saturated heterocycles. The van der Waals surface area contributed by atoms with E-state index in [2.05, 4.69) is 5.32 Å². The van der Waals surface area contributed by atoms with Crippen molar-refractivity contribution < 1.29 is 18.1 Å². The predicted octanol–water partition coefficient (Wildman–Crippen LogP) is 1.98. The summed E-state index contributed by atoms with van der Waals surface area (Å²) in [5.41, 5.74) is -0.0363. The molecule has 0 aromatic heterocycles. The molecule has 0 amide bonds. The summed E-state index contributed by atoms with van der Waals surface area (Å²) in [6.07, 6.45) is 1.49. The third kappa shape index (κ3) is 3.16. The zero-order chi connectivity index (χ0) is 17.3. The molecular weight excluding hydrogens is 325 g/mol. The monoisotopic (exact) mass is 342 g/mol. The largest absolute Gasteiger partial charge is 0.367 e. The first-order chi connectivity index (χ1) is 11.4. The molecule has 0 spiro atoms. The van der Waals surface area contributed by atoms with Crippen molar-refractivity contribution in [2.75, 3.05) is 44.2 Å². The summed E-state index contributed by atoms with van der Waals surface area (Å²) in [5.74, 6) is -3.58. The van der Waals surface area contributed by atoms with Gasteiger partial charge in [-0.2, -0.15) is 8.78 Å². The van der Waals surface area contributed by atoms with Gasteiger partial charge in [0.25, 0.3) is 11.6 Å². The molecule has 9 heteroatoms. The molecule has 3 rings (SSSR count). The molecule has 1 N–H and O–H groups in total. The summed E-state index contributed by atoms with van der Waals surface area (Å²) in [7, 11) is 0. The van der Waals surface area contributed by atoms with Crippen LogP contribution in [0.1, 0.15) is 0 Å². The number of hydrogen-bond donors (Lipinski definition) is 1. The summed E-state index contributed by atoms with van der Waals surface area (Å²) in [4.78, 5) is 13.3. The maximum Gasteiger partial charge on any atom is 0.299 e. The lowest BCUT2D eigenvalue weighted by molar-refractivity contribution is -0.385. The Bertz CT molecular complexity index is 673. The minimum atomic E-state index is -2.90. The van der Waals surface area contributed by atoms with Gasteiger partial charge in [0.1, 0.15) is 0 Å². The zero-order valence-electron chi connectivity index (χ0n) is 12.8. The Morgan fingerprint density at radius 3 is 2.42 bits per heavy atom. The molecule has 1 fully saturated rings. The van der Waals surface area contributed by atoms with E-state index in [9.17, 15) is 23.3 Å². The van der Waals surface area contributed by atoms with E-state index < -0.39 is 16.7 Å². The van der Waals surface area contributed by atoms with E-state index in [1.165, 1.54) is 18.2 Å².